The van der Waals surface area contributed by atoms with Gasteiger partial charge in [-0.3, -0.25) is 4.79 Å². The van der Waals surface area contributed by atoms with Gasteiger partial charge in [-0.25, -0.2) is 4.39 Å². The fraction of sp³-hybridized carbons (Fsp3) is 0.500. The molecule has 1 aliphatic heterocycles. The summed E-state index contributed by atoms with van der Waals surface area (Å²) in [5.41, 5.74) is 6.51. The monoisotopic (exact) mass is 282 g/mol. The van der Waals surface area contributed by atoms with Crippen molar-refractivity contribution in [2.24, 2.45) is 0 Å². The molecular weight excluding hydrogens is 263 g/mol. The molecule has 1 heterocycles. The van der Waals surface area contributed by atoms with Crippen LogP contribution < -0.4 is 11.1 Å². The molecule has 19 heavy (non-hydrogen) atoms. The van der Waals surface area contributed by atoms with E-state index in [1.807, 2.05) is 11.8 Å². The van der Waals surface area contributed by atoms with Crippen molar-refractivity contribution in [3.63, 3.8) is 0 Å². The molecule has 1 aliphatic rings. The van der Waals surface area contributed by atoms with E-state index in [0.717, 1.165) is 12.2 Å². The minimum Gasteiger partial charge on any atom is -0.399 e. The number of nitrogens with two attached hydrogens (primary N) is 1. The third-order valence-electron chi connectivity index (χ3n) is 3.29. The minimum atomic E-state index is -0.483. The number of benzene rings is 1. The molecule has 1 saturated heterocycles. The molecule has 1 unspecified atom stereocenters. The lowest BCUT2D eigenvalue weighted by atomic mass is 10.1. The Labute approximate surface area is 117 Å². The Hall–Kier alpha value is -1.23. The van der Waals surface area contributed by atoms with E-state index in [0.29, 0.717) is 23.0 Å². The number of amides is 1. The maximum atomic E-state index is 13.9. The lowest BCUT2D eigenvalue weighted by Crippen LogP contribution is -2.32. The Morgan fingerprint density at radius 1 is 1.53 bits per heavy atom. The van der Waals surface area contributed by atoms with E-state index in [1.165, 1.54) is 25.0 Å². The second-order valence-corrected chi connectivity index (χ2v) is 6.31. The van der Waals surface area contributed by atoms with Crippen LogP contribution in [0.1, 0.15) is 35.2 Å². The van der Waals surface area contributed by atoms with Gasteiger partial charge in [0.2, 0.25) is 0 Å². The quantitative estimate of drug-likeness (QED) is 0.838. The van der Waals surface area contributed by atoms with Crippen molar-refractivity contribution < 1.29 is 9.18 Å². The molecule has 0 aromatic heterocycles. The third kappa shape index (κ3) is 3.62. The second-order valence-electron chi connectivity index (χ2n) is 4.90. The van der Waals surface area contributed by atoms with E-state index in [1.54, 1.807) is 6.92 Å². The molecule has 1 amide bonds. The van der Waals surface area contributed by atoms with Crippen LogP contribution in [0.4, 0.5) is 10.1 Å². The predicted octanol–water partition coefficient (Wildman–Crippen LogP) is 2.73. The number of hydrogen-bond acceptors (Lipinski definition) is 3. The summed E-state index contributed by atoms with van der Waals surface area (Å²) in [6.45, 7) is 2.20. The molecule has 5 heteroatoms. The first-order valence-electron chi connectivity index (χ1n) is 6.53. The highest BCUT2D eigenvalue weighted by Gasteiger charge is 2.18. The number of aryl methyl sites for hydroxylation is 1. The highest BCUT2D eigenvalue weighted by atomic mass is 32.2. The lowest BCUT2D eigenvalue weighted by molar-refractivity contribution is 0.0949. The average molecular weight is 282 g/mol. The van der Waals surface area contributed by atoms with Gasteiger partial charge in [0.15, 0.2) is 0 Å². The summed E-state index contributed by atoms with van der Waals surface area (Å²) >= 11 is 1.88. The predicted molar refractivity (Wildman–Crippen MR) is 78.0 cm³/mol. The summed E-state index contributed by atoms with van der Waals surface area (Å²) in [6.07, 6.45) is 3.57. The van der Waals surface area contributed by atoms with Crippen LogP contribution in [0.25, 0.3) is 0 Å². The lowest BCUT2D eigenvalue weighted by Gasteiger charge is -2.21. The highest BCUT2D eigenvalue weighted by Crippen LogP contribution is 2.24. The van der Waals surface area contributed by atoms with Crippen LogP contribution in [0.3, 0.4) is 0 Å². The maximum Gasteiger partial charge on any atom is 0.254 e. The number of nitrogens with one attached hydrogen (secondary N) is 1. The molecule has 3 nitrogen and oxygen atoms in total. The Bertz CT molecular complexity index is 473. The molecule has 1 atom stereocenters. The van der Waals surface area contributed by atoms with Crippen molar-refractivity contribution in [2.45, 2.75) is 31.4 Å². The van der Waals surface area contributed by atoms with Gasteiger partial charge in [-0.15, -0.1) is 0 Å². The number of carbonyl (C=O) groups is 1. The molecule has 3 N–H and O–H groups in total. The Kier molecular flexibility index (Phi) is 4.69. The van der Waals surface area contributed by atoms with Crippen LogP contribution in [0.15, 0.2) is 12.1 Å². The second kappa shape index (κ2) is 6.28. The summed E-state index contributed by atoms with van der Waals surface area (Å²) in [7, 11) is 0. The fourth-order valence-electron chi connectivity index (χ4n) is 2.23. The van der Waals surface area contributed by atoms with E-state index in [4.69, 9.17) is 5.73 Å². The van der Waals surface area contributed by atoms with Crippen molar-refractivity contribution in [3.05, 3.63) is 29.1 Å². The van der Waals surface area contributed by atoms with Gasteiger partial charge in [-0.2, -0.15) is 11.8 Å². The van der Waals surface area contributed by atoms with E-state index in [2.05, 4.69) is 5.32 Å². The van der Waals surface area contributed by atoms with Crippen LogP contribution in [0.2, 0.25) is 0 Å². The largest absolute Gasteiger partial charge is 0.399 e. The van der Waals surface area contributed by atoms with Gasteiger partial charge < -0.3 is 11.1 Å². The number of thioether (sulfide) groups is 1. The molecule has 0 spiro atoms. The molecule has 2 rings (SSSR count). The number of rotatable bonds is 3. The maximum absolute atomic E-state index is 13.9. The van der Waals surface area contributed by atoms with E-state index in [-0.39, 0.29) is 11.5 Å². The number of carbonyl (C=O) groups excluding carboxylic acids is 1. The topological polar surface area (TPSA) is 55.1 Å². The first kappa shape index (κ1) is 14.2. The summed E-state index contributed by atoms with van der Waals surface area (Å²) in [4.78, 5) is 12.0. The van der Waals surface area contributed by atoms with Crippen molar-refractivity contribution in [1.29, 1.82) is 0 Å². The van der Waals surface area contributed by atoms with Gasteiger partial charge in [-0.1, -0.05) is 6.42 Å². The van der Waals surface area contributed by atoms with Crippen LogP contribution in [-0.4, -0.2) is 23.5 Å². The molecule has 0 saturated carbocycles. The van der Waals surface area contributed by atoms with Crippen LogP contribution in [0.5, 0.6) is 0 Å². The fourth-order valence-corrected chi connectivity index (χ4v) is 3.47. The minimum absolute atomic E-state index is 0.0401. The molecule has 0 bridgehead atoms. The summed E-state index contributed by atoms with van der Waals surface area (Å²) in [5, 5.41) is 3.26. The zero-order valence-corrected chi connectivity index (χ0v) is 11.9. The smallest absolute Gasteiger partial charge is 0.254 e. The normalized spacial score (nSPS) is 19.2. The summed E-state index contributed by atoms with van der Waals surface area (Å²) < 4.78 is 13.9. The van der Waals surface area contributed by atoms with Crippen molar-refractivity contribution in [3.8, 4) is 0 Å². The van der Waals surface area contributed by atoms with Crippen LogP contribution >= 0.6 is 11.8 Å². The number of anilines is 1. The van der Waals surface area contributed by atoms with Gasteiger partial charge in [0, 0.05) is 17.5 Å². The highest BCUT2D eigenvalue weighted by molar-refractivity contribution is 7.99. The van der Waals surface area contributed by atoms with Crippen molar-refractivity contribution >= 4 is 23.4 Å². The van der Waals surface area contributed by atoms with E-state index >= 15 is 0 Å². The molecule has 1 fully saturated rings. The van der Waals surface area contributed by atoms with Crippen molar-refractivity contribution in [2.75, 3.05) is 18.0 Å². The van der Waals surface area contributed by atoms with Gasteiger partial charge in [0.05, 0.1) is 5.56 Å². The Morgan fingerprint density at radius 3 is 3.00 bits per heavy atom. The zero-order chi connectivity index (χ0) is 13.8. The van der Waals surface area contributed by atoms with E-state index < -0.39 is 5.82 Å². The number of halogens is 1. The summed E-state index contributed by atoms with van der Waals surface area (Å²) in [5.74, 6) is 0.286. The molecule has 0 aliphatic carbocycles. The van der Waals surface area contributed by atoms with Crippen LogP contribution in [0, 0.1) is 12.7 Å². The SMILES string of the molecule is Cc1cc(N)cc(C(=O)NCC2CCCCS2)c1F. The first-order valence-corrected chi connectivity index (χ1v) is 7.58. The van der Waals surface area contributed by atoms with Gasteiger partial charge >= 0.3 is 0 Å². The summed E-state index contributed by atoms with van der Waals surface area (Å²) in [6, 6.07) is 2.93. The standard InChI is InChI=1S/C14H19FN2OS/c1-9-6-10(16)7-12(13(9)15)14(18)17-8-11-4-2-3-5-19-11/h6-7,11H,2-5,8,16H2,1H3,(H,17,18). The molecule has 1 aromatic rings. The Balaban J connectivity index is 1.99. The zero-order valence-electron chi connectivity index (χ0n) is 11.0. The average Bonchev–Trinajstić information content (AvgIpc) is 2.41. The first-order chi connectivity index (χ1) is 9.08. The van der Waals surface area contributed by atoms with E-state index in [9.17, 15) is 9.18 Å². The van der Waals surface area contributed by atoms with Crippen molar-refractivity contribution in [1.82, 2.24) is 5.32 Å². The number of nitrogen functional groups attached to an aromatic ring is 1. The molecule has 104 valence electrons. The Morgan fingerprint density at radius 2 is 2.32 bits per heavy atom. The van der Waals surface area contributed by atoms with Crippen LogP contribution in [-0.2, 0) is 0 Å². The van der Waals surface area contributed by atoms with Gasteiger partial charge in [0.25, 0.3) is 5.91 Å². The van der Waals surface area contributed by atoms with Gasteiger partial charge in [-0.05, 0) is 43.2 Å². The number of hydrogen-bond donors (Lipinski definition) is 2. The molecule has 1 aromatic carbocycles. The molecule has 0 radical (unpaired) electrons. The van der Waals surface area contributed by atoms with Gasteiger partial charge in [0.1, 0.15) is 5.82 Å². The third-order valence-corrected chi connectivity index (χ3v) is 4.68. The molecular formula is C14H19FN2OS.